The van der Waals surface area contributed by atoms with Gasteiger partial charge in [-0.1, -0.05) is 6.42 Å². The molecule has 0 saturated heterocycles. The fourth-order valence-electron chi connectivity index (χ4n) is 2.36. The fourth-order valence-corrected chi connectivity index (χ4v) is 2.36. The third kappa shape index (κ3) is 3.40. The van der Waals surface area contributed by atoms with Gasteiger partial charge in [-0.15, -0.1) is 12.3 Å². The topological polar surface area (TPSA) is 12.0 Å². The monoisotopic (exact) mass is 179 g/mol. The highest BCUT2D eigenvalue weighted by atomic mass is 14.8. The maximum absolute atomic E-state index is 5.32. The zero-order valence-electron chi connectivity index (χ0n) is 8.84. The van der Waals surface area contributed by atoms with E-state index in [0.717, 1.165) is 18.3 Å². The van der Waals surface area contributed by atoms with Crippen LogP contribution in [-0.2, 0) is 0 Å². The Bertz CT molecular complexity index is 180. The van der Waals surface area contributed by atoms with E-state index in [1.54, 1.807) is 0 Å². The molecular formula is C12H21N. The first kappa shape index (κ1) is 10.6. The fraction of sp³-hybridized carbons (Fsp3) is 0.833. The minimum atomic E-state index is 0.662. The van der Waals surface area contributed by atoms with Crippen molar-refractivity contribution in [1.29, 1.82) is 0 Å². The van der Waals surface area contributed by atoms with E-state index in [2.05, 4.69) is 18.2 Å². The molecule has 1 saturated carbocycles. The zero-order chi connectivity index (χ0) is 9.68. The summed E-state index contributed by atoms with van der Waals surface area (Å²) in [5, 5.41) is 3.30. The number of rotatable bonds is 4. The standard InChI is InChI=1S/C12H21N/c1-4-5-11-6-7-12(9-11)8-10(2)13-3/h1,10-13H,5-9H2,2-3H3. The lowest BCUT2D eigenvalue weighted by atomic mass is 9.97. The van der Waals surface area contributed by atoms with Crippen LogP contribution in [0, 0.1) is 24.2 Å². The number of hydrogen-bond donors (Lipinski definition) is 1. The molecule has 13 heavy (non-hydrogen) atoms. The van der Waals surface area contributed by atoms with Crippen molar-refractivity contribution >= 4 is 0 Å². The van der Waals surface area contributed by atoms with Crippen LogP contribution >= 0.6 is 0 Å². The molecular weight excluding hydrogens is 158 g/mol. The predicted molar refractivity (Wildman–Crippen MR) is 57.4 cm³/mol. The predicted octanol–water partition coefficient (Wildman–Crippen LogP) is 2.42. The summed E-state index contributed by atoms with van der Waals surface area (Å²) in [7, 11) is 2.04. The van der Waals surface area contributed by atoms with Gasteiger partial charge in [0.15, 0.2) is 0 Å². The van der Waals surface area contributed by atoms with E-state index in [0.29, 0.717) is 6.04 Å². The molecule has 1 aliphatic rings. The molecule has 0 radical (unpaired) electrons. The molecule has 1 rings (SSSR count). The van der Waals surface area contributed by atoms with Crippen LogP contribution in [0.4, 0.5) is 0 Å². The van der Waals surface area contributed by atoms with Crippen LogP contribution in [0.5, 0.6) is 0 Å². The summed E-state index contributed by atoms with van der Waals surface area (Å²) in [6.45, 7) is 2.26. The summed E-state index contributed by atoms with van der Waals surface area (Å²) in [5.74, 6) is 4.52. The SMILES string of the molecule is C#CCC1CCC(CC(C)NC)C1. The molecule has 1 nitrogen and oxygen atoms in total. The molecule has 0 aromatic heterocycles. The van der Waals surface area contributed by atoms with E-state index in [1.807, 2.05) is 7.05 Å². The summed E-state index contributed by atoms with van der Waals surface area (Å²) >= 11 is 0. The van der Waals surface area contributed by atoms with Crippen molar-refractivity contribution in [2.24, 2.45) is 11.8 Å². The van der Waals surface area contributed by atoms with Gasteiger partial charge in [-0.05, 0) is 45.1 Å². The largest absolute Gasteiger partial charge is 0.317 e. The number of nitrogens with one attached hydrogen (secondary N) is 1. The first-order valence-corrected chi connectivity index (χ1v) is 5.37. The molecule has 1 aliphatic carbocycles. The lowest BCUT2D eigenvalue weighted by Gasteiger charge is -2.15. The molecule has 0 amide bonds. The summed E-state index contributed by atoms with van der Waals surface area (Å²) in [4.78, 5) is 0. The van der Waals surface area contributed by atoms with E-state index in [9.17, 15) is 0 Å². The molecule has 1 N–H and O–H groups in total. The second-order valence-corrected chi connectivity index (χ2v) is 4.38. The molecule has 74 valence electrons. The van der Waals surface area contributed by atoms with Crippen molar-refractivity contribution in [2.75, 3.05) is 7.05 Å². The maximum Gasteiger partial charge on any atom is 0.0114 e. The normalized spacial score (nSPS) is 29.9. The molecule has 0 aliphatic heterocycles. The van der Waals surface area contributed by atoms with E-state index in [1.165, 1.54) is 25.7 Å². The maximum atomic E-state index is 5.32. The Morgan fingerprint density at radius 2 is 2.15 bits per heavy atom. The highest BCUT2D eigenvalue weighted by Gasteiger charge is 2.24. The molecule has 3 atom stereocenters. The Morgan fingerprint density at radius 3 is 2.77 bits per heavy atom. The minimum absolute atomic E-state index is 0.662. The van der Waals surface area contributed by atoms with E-state index in [-0.39, 0.29) is 0 Å². The first-order chi connectivity index (χ1) is 6.26. The number of terminal acetylenes is 1. The van der Waals surface area contributed by atoms with Gasteiger partial charge in [-0.2, -0.15) is 0 Å². The van der Waals surface area contributed by atoms with Gasteiger partial charge in [0.25, 0.3) is 0 Å². The molecule has 0 aromatic carbocycles. The third-order valence-corrected chi connectivity index (χ3v) is 3.24. The molecule has 0 spiro atoms. The summed E-state index contributed by atoms with van der Waals surface area (Å²) in [6, 6.07) is 0.662. The van der Waals surface area contributed by atoms with Crippen LogP contribution in [0.1, 0.15) is 39.0 Å². The van der Waals surface area contributed by atoms with Gasteiger partial charge in [0.2, 0.25) is 0 Å². The van der Waals surface area contributed by atoms with Gasteiger partial charge in [0.1, 0.15) is 0 Å². The van der Waals surface area contributed by atoms with E-state index < -0.39 is 0 Å². The van der Waals surface area contributed by atoms with Crippen molar-refractivity contribution in [3.63, 3.8) is 0 Å². The summed E-state index contributed by atoms with van der Waals surface area (Å²) < 4.78 is 0. The third-order valence-electron chi connectivity index (χ3n) is 3.24. The highest BCUT2D eigenvalue weighted by Crippen LogP contribution is 2.35. The summed E-state index contributed by atoms with van der Waals surface area (Å²) in [5.41, 5.74) is 0. The van der Waals surface area contributed by atoms with Crippen LogP contribution in [0.25, 0.3) is 0 Å². The Balaban J connectivity index is 2.21. The van der Waals surface area contributed by atoms with Crippen LogP contribution < -0.4 is 5.32 Å². The first-order valence-electron chi connectivity index (χ1n) is 5.37. The van der Waals surface area contributed by atoms with Gasteiger partial charge in [-0.3, -0.25) is 0 Å². The van der Waals surface area contributed by atoms with Crippen LogP contribution in [-0.4, -0.2) is 13.1 Å². The molecule has 0 bridgehead atoms. The lowest BCUT2D eigenvalue weighted by molar-refractivity contribution is 0.408. The van der Waals surface area contributed by atoms with E-state index >= 15 is 0 Å². The molecule has 0 aromatic rings. The lowest BCUT2D eigenvalue weighted by Crippen LogP contribution is -2.23. The van der Waals surface area contributed by atoms with Crippen LogP contribution in [0.2, 0.25) is 0 Å². The molecule has 1 fully saturated rings. The Hall–Kier alpha value is -0.480. The van der Waals surface area contributed by atoms with Crippen molar-refractivity contribution in [2.45, 2.75) is 45.1 Å². The van der Waals surface area contributed by atoms with Crippen molar-refractivity contribution in [3.8, 4) is 12.3 Å². The second-order valence-electron chi connectivity index (χ2n) is 4.38. The van der Waals surface area contributed by atoms with Gasteiger partial charge in [0.05, 0.1) is 0 Å². The van der Waals surface area contributed by atoms with Gasteiger partial charge < -0.3 is 5.32 Å². The van der Waals surface area contributed by atoms with E-state index in [4.69, 9.17) is 6.42 Å². The van der Waals surface area contributed by atoms with Crippen molar-refractivity contribution < 1.29 is 0 Å². The zero-order valence-corrected chi connectivity index (χ0v) is 8.84. The van der Waals surface area contributed by atoms with Gasteiger partial charge >= 0.3 is 0 Å². The average Bonchev–Trinajstić information content (AvgIpc) is 2.53. The minimum Gasteiger partial charge on any atom is -0.317 e. The van der Waals surface area contributed by atoms with Crippen molar-refractivity contribution in [1.82, 2.24) is 5.32 Å². The van der Waals surface area contributed by atoms with Crippen LogP contribution in [0.3, 0.4) is 0 Å². The Labute approximate surface area is 82.3 Å². The average molecular weight is 179 g/mol. The smallest absolute Gasteiger partial charge is 0.0114 e. The molecule has 1 heteroatoms. The van der Waals surface area contributed by atoms with Gasteiger partial charge in [0, 0.05) is 12.5 Å². The van der Waals surface area contributed by atoms with Crippen LogP contribution in [0.15, 0.2) is 0 Å². The Morgan fingerprint density at radius 1 is 1.46 bits per heavy atom. The second kappa shape index (κ2) is 5.29. The molecule has 0 heterocycles. The number of hydrogen-bond acceptors (Lipinski definition) is 1. The quantitative estimate of drug-likeness (QED) is 0.654. The van der Waals surface area contributed by atoms with Crippen molar-refractivity contribution in [3.05, 3.63) is 0 Å². The van der Waals surface area contributed by atoms with Gasteiger partial charge in [-0.25, -0.2) is 0 Å². The summed E-state index contributed by atoms with van der Waals surface area (Å²) in [6.07, 6.45) is 11.7. The highest BCUT2D eigenvalue weighted by molar-refractivity contribution is 4.90. The Kier molecular flexibility index (Phi) is 4.32. The molecule has 3 unspecified atom stereocenters.